The first-order valence-corrected chi connectivity index (χ1v) is 10.9. The third-order valence-electron chi connectivity index (χ3n) is 5.69. The molecule has 3 heterocycles. The Morgan fingerprint density at radius 3 is 2.44 bits per heavy atom. The Bertz CT molecular complexity index is 731. The molecule has 0 amide bonds. The van der Waals surface area contributed by atoms with E-state index in [9.17, 15) is 30.6 Å². The number of ether oxygens (including phenoxy) is 3. The number of aliphatic hydroxyl groups excluding tert-OH is 6. The molecule has 12 heteroatoms. The van der Waals surface area contributed by atoms with E-state index in [4.69, 9.17) is 14.2 Å². The molecule has 6 N–H and O–H groups in total. The lowest BCUT2D eigenvalue weighted by molar-refractivity contribution is -0.254. The SMILES string of the molecule is CCCCCC(O[C@@H]1C=C[C@H](O)[C@@H](CO)O1)c1cn([C@@H]2O[C@H](CO)[C@@H](O)[C@H](O)[C@H]2O)nn1. The van der Waals surface area contributed by atoms with Crippen molar-refractivity contribution in [3.05, 3.63) is 24.0 Å². The van der Waals surface area contributed by atoms with Crippen molar-refractivity contribution in [3.63, 3.8) is 0 Å². The number of aromatic nitrogens is 3. The smallest absolute Gasteiger partial charge is 0.180 e. The lowest BCUT2D eigenvalue weighted by Crippen LogP contribution is -2.56. The highest BCUT2D eigenvalue weighted by molar-refractivity contribution is 5.03. The summed E-state index contributed by atoms with van der Waals surface area (Å²) in [6.45, 7) is 1.17. The molecule has 0 saturated carbocycles. The molecule has 0 bridgehead atoms. The first-order chi connectivity index (χ1) is 15.4. The topological polar surface area (TPSA) is 180 Å². The van der Waals surface area contributed by atoms with Gasteiger partial charge >= 0.3 is 0 Å². The summed E-state index contributed by atoms with van der Waals surface area (Å²) in [5.74, 6) is 0. The van der Waals surface area contributed by atoms with Crippen LogP contribution in [-0.4, -0.2) is 102 Å². The highest BCUT2D eigenvalue weighted by Gasteiger charge is 2.45. The molecule has 182 valence electrons. The molecule has 1 aromatic rings. The molecular formula is C20H33N3O9. The Morgan fingerprint density at radius 1 is 1.00 bits per heavy atom. The molecule has 12 nitrogen and oxygen atoms in total. The molecule has 2 aliphatic rings. The maximum Gasteiger partial charge on any atom is 0.180 e. The molecule has 0 radical (unpaired) electrons. The minimum atomic E-state index is -1.53. The molecule has 0 aliphatic carbocycles. The first-order valence-electron chi connectivity index (χ1n) is 10.9. The molecule has 1 saturated heterocycles. The van der Waals surface area contributed by atoms with Crippen LogP contribution in [0.2, 0.25) is 0 Å². The number of hydrogen-bond donors (Lipinski definition) is 6. The fraction of sp³-hybridized carbons (Fsp3) is 0.800. The number of rotatable bonds is 10. The number of nitrogens with zero attached hydrogens (tertiary/aromatic N) is 3. The summed E-state index contributed by atoms with van der Waals surface area (Å²) in [5, 5.41) is 67.0. The Hall–Kier alpha value is -1.48. The molecule has 1 aromatic heterocycles. The van der Waals surface area contributed by atoms with E-state index in [0.717, 1.165) is 19.3 Å². The van der Waals surface area contributed by atoms with Crippen molar-refractivity contribution < 1.29 is 44.8 Å². The molecule has 32 heavy (non-hydrogen) atoms. The van der Waals surface area contributed by atoms with Crippen LogP contribution >= 0.6 is 0 Å². The second-order valence-corrected chi connectivity index (χ2v) is 8.06. The molecular weight excluding hydrogens is 426 g/mol. The number of unbranched alkanes of at least 4 members (excludes halogenated alkanes) is 2. The fourth-order valence-electron chi connectivity index (χ4n) is 3.75. The van der Waals surface area contributed by atoms with Crippen LogP contribution < -0.4 is 0 Å². The van der Waals surface area contributed by atoms with E-state index in [0.29, 0.717) is 12.1 Å². The predicted molar refractivity (Wildman–Crippen MR) is 108 cm³/mol. The van der Waals surface area contributed by atoms with E-state index >= 15 is 0 Å². The third-order valence-corrected chi connectivity index (χ3v) is 5.69. The summed E-state index contributed by atoms with van der Waals surface area (Å²) in [6.07, 6.45) is -1.79. The predicted octanol–water partition coefficient (Wildman–Crippen LogP) is -1.48. The Labute approximate surface area is 185 Å². The summed E-state index contributed by atoms with van der Waals surface area (Å²) in [6, 6.07) is 0. The average Bonchev–Trinajstić information content (AvgIpc) is 3.28. The first kappa shape index (κ1) is 25.1. The fourth-order valence-corrected chi connectivity index (χ4v) is 3.75. The van der Waals surface area contributed by atoms with Crippen molar-refractivity contribution in [2.45, 2.75) is 87.9 Å². The number of hydrogen-bond acceptors (Lipinski definition) is 11. The van der Waals surface area contributed by atoms with Gasteiger partial charge in [0.15, 0.2) is 12.5 Å². The largest absolute Gasteiger partial charge is 0.394 e. The minimum Gasteiger partial charge on any atom is -0.394 e. The van der Waals surface area contributed by atoms with Crippen LogP contribution in [0.25, 0.3) is 0 Å². The highest BCUT2D eigenvalue weighted by Crippen LogP contribution is 2.31. The van der Waals surface area contributed by atoms with E-state index < -0.39 is 61.9 Å². The molecule has 2 aliphatic heterocycles. The van der Waals surface area contributed by atoms with Gasteiger partial charge in [-0.3, -0.25) is 0 Å². The van der Waals surface area contributed by atoms with E-state index in [-0.39, 0.29) is 6.61 Å². The van der Waals surface area contributed by atoms with E-state index in [1.807, 2.05) is 0 Å². The lowest BCUT2D eigenvalue weighted by Gasteiger charge is -2.39. The number of aliphatic hydroxyl groups is 6. The molecule has 9 atom stereocenters. The maximum absolute atomic E-state index is 10.3. The normalized spacial score (nSPS) is 36.3. The summed E-state index contributed by atoms with van der Waals surface area (Å²) in [4.78, 5) is 0. The summed E-state index contributed by atoms with van der Waals surface area (Å²) in [5.41, 5.74) is 0.432. The second-order valence-electron chi connectivity index (χ2n) is 8.06. The van der Waals surface area contributed by atoms with Crippen LogP contribution in [-0.2, 0) is 14.2 Å². The van der Waals surface area contributed by atoms with Gasteiger partial charge in [-0.05, 0) is 12.5 Å². The average molecular weight is 459 g/mol. The van der Waals surface area contributed by atoms with Gasteiger partial charge in [0.05, 0.1) is 19.4 Å². The summed E-state index contributed by atoms with van der Waals surface area (Å²) in [7, 11) is 0. The van der Waals surface area contributed by atoms with Crippen molar-refractivity contribution in [2.24, 2.45) is 0 Å². The van der Waals surface area contributed by atoms with Gasteiger partial charge in [0.1, 0.15) is 48.4 Å². The Morgan fingerprint density at radius 2 is 1.75 bits per heavy atom. The standard InChI is InChI=1S/C20H33N3O9/c1-2-3-4-5-13(30-16-7-6-12(26)14(9-24)31-16)11-8-23(22-21-11)20-19(29)18(28)17(27)15(10-25)32-20/h6-8,12-20,24-29H,2-5,9-10H2,1H3/t12-,13?,14+,15+,16-,17+,18-,19+,20+/m0/s1. The van der Waals surface area contributed by atoms with Gasteiger partial charge in [-0.2, -0.15) is 0 Å². The van der Waals surface area contributed by atoms with Gasteiger partial charge in [0.2, 0.25) is 0 Å². The summed E-state index contributed by atoms with van der Waals surface area (Å²) < 4.78 is 18.3. The quantitative estimate of drug-likeness (QED) is 0.177. The van der Waals surface area contributed by atoms with E-state index in [1.54, 1.807) is 6.08 Å². The van der Waals surface area contributed by atoms with Gasteiger partial charge in [-0.25, -0.2) is 4.68 Å². The molecule has 1 fully saturated rings. The van der Waals surface area contributed by atoms with Crippen LogP contribution in [0.1, 0.15) is 50.6 Å². The van der Waals surface area contributed by atoms with Crippen molar-refractivity contribution >= 4 is 0 Å². The van der Waals surface area contributed by atoms with Gasteiger partial charge in [0.25, 0.3) is 0 Å². The van der Waals surface area contributed by atoms with Crippen LogP contribution in [0.4, 0.5) is 0 Å². The van der Waals surface area contributed by atoms with Crippen molar-refractivity contribution in [3.8, 4) is 0 Å². The van der Waals surface area contributed by atoms with Crippen LogP contribution in [0.3, 0.4) is 0 Å². The van der Waals surface area contributed by atoms with E-state index in [1.165, 1.54) is 17.0 Å². The van der Waals surface area contributed by atoms with Crippen molar-refractivity contribution in [1.29, 1.82) is 0 Å². The zero-order valence-corrected chi connectivity index (χ0v) is 17.9. The molecule has 3 rings (SSSR count). The monoisotopic (exact) mass is 459 g/mol. The lowest BCUT2D eigenvalue weighted by atomic mass is 9.98. The molecule has 0 spiro atoms. The molecule has 1 unspecified atom stereocenters. The van der Waals surface area contributed by atoms with Crippen LogP contribution in [0.5, 0.6) is 0 Å². The zero-order chi connectivity index (χ0) is 23.3. The third kappa shape index (κ3) is 5.71. The van der Waals surface area contributed by atoms with Crippen molar-refractivity contribution in [2.75, 3.05) is 13.2 Å². The van der Waals surface area contributed by atoms with Gasteiger partial charge in [-0.1, -0.05) is 37.5 Å². The Kier molecular flexibility index (Phi) is 9.11. The second kappa shape index (κ2) is 11.6. The maximum atomic E-state index is 10.3. The zero-order valence-electron chi connectivity index (χ0n) is 17.9. The van der Waals surface area contributed by atoms with Crippen LogP contribution in [0, 0.1) is 0 Å². The molecule has 0 aromatic carbocycles. The minimum absolute atomic E-state index is 0.362. The van der Waals surface area contributed by atoms with E-state index in [2.05, 4.69) is 17.2 Å². The van der Waals surface area contributed by atoms with Crippen LogP contribution in [0.15, 0.2) is 18.3 Å². The van der Waals surface area contributed by atoms with Gasteiger partial charge in [0, 0.05) is 0 Å². The van der Waals surface area contributed by atoms with Crippen molar-refractivity contribution in [1.82, 2.24) is 15.0 Å². The highest BCUT2D eigenvalue weighted by atomic mass is 16.7. The summed E-state index contributed by atoms with van der Waals surface area (Å²) >= 11 is 0. The Balaban J connectivity index is 1.75. The van der Waals surface area contributed by atoms with Gasteiger partial charge in [-0.15, -0.1) is 5.10 Å². The van der Waals surface area contributed by atoms with Gasteiger partial charge < -0.3 is 44.8 Å².